The Hall–Kier alpha value is -0.970. The van der Waals surface area contributed by atoms with E-state index in [4.69, 9.17) is 16.6 Å². The highest BCUT2D eigenvalue weighted by Gasteiger charge is 2.26. The van der Waals surface area contributed by atoms with Gasteiger partial charge in [-0.05, 0) is 37.9 Å². The van der Waals surface area contributed by atoms with Crippen LogP contribution in [0.1, 0.15) is 36.3 Å². The normalized spacial score (nSPS) is 17.8. The lowest BCUT2D eigenvalue weighted by Crippen LogP contribution is -2.23. The van der Waals surface area contributed by atoms with Crippen LogP contribution < -0.4 is 5.32 Å². The van der Waals surface area contributed by atoms with Crippen molar-refractivity contribution in [1.82, 2.24) is 10.3 Å². The van der Waals surface area contributed by atoms with Crippen LogP contribution in [-0.4, -0.2) is 18.1 Å². The highest BCUT2D eigenvalue weighted by Crippen LogP contribution is 2.40. The number of fused-ring (bicyclic) bond motifs is 1. The number of thiazole rings is 1. The second-order valence-corrected chi connectivity index (χ2v) is 6.81. The summed E-state index contributed by atoms with van der Waals surface area (Å²) in [6, 6.07) is 4.79. The SMILES string of the molecule is CCNCC1CCCc2sc(-c3c(F)cccc3Cl)nc21. The van der Waals surface area contributed by atoms with Gasteiger partial charge < -0.3 is 5.32 Å². The van der Waals surface area contributed by atoms with Gasteiger partial charge in [-0.1, -0.05) is 24.6 Å². The minimum absolute atomic E-state index is 0.295. The summed E-state index contributed by atoms with van der Waals surface area (Å²) >= 11 is 7.75. The van der Waals surface area contributed by atoms with E-state index < -0.39 is 0 Å². The molecule has 1 aromatic carbocycles. The minimum Gasteiger partial charge on any atom is -0.316 e. The van der Waals surface area contributed by atoms with E-state index >= 15 is 0 Å². The molecule has 0 bridgehead atoms. The van der Waals surface area contributed by atoms with Gasteiger partial charge in [0.15, 0.2) is 0 Å². The summed E-state index contributed by atoms with van der Waals surface area (Å²) in [5, 5.41) is 4.54. The van der Waals surface area contributed by atoms with Crippen molar-refractivity contribution in [3.8, 4) is 10.6 Å². The van der Waals surface area contributed by atoms with Gasteiger partial charge in [0.05, 0.1) is 16.3 Å². The summed E-state index contributed by atoms with van der Waals surface area (Å²) in [4.78, 5) is 6.02. The van der Waals surface area contributed by atoms with Crippen molar-refractivity contribution in [3.05, 3.63) is 39.6 Å². The van der Waals surface area contributed by atoms with Gasteiger partial charge in [-0.15, -0.1) is 11.3 Å². The van der Waals surface area contributed by atoms with Crippen LogP contribution >= 0.6 is 22.9 Å². The molecular formula is C16H18ClFN2S. The summed E-state index contributed by atoms with van der Waals surface area (Å²) in [5.74, 6) is 0.140. The Bertz CT molecular complexity index is 621. The number of rotatable bonds is 4. The smallest absolute Gasteiger partial charge is 0.134 e. The average Bonchev–Trinajstić information content (AvgIpc) is 2.89. The fraction of sp³-hybridized carbons (Fsp3) is 0.438. The second-order valence-electron chi connectivity index (χ2n) is 5.32. The van der Waals surface area contributed by atoms with E-state index in [0.717, 1.165) is 31.6 Å². The van der Waals surface area contributed by atoms with Crippen molar-refractivity contribution < 1.29 is 4.39 Å². The fourth-order valence-electron chi connectivity index (χ4n) is 2.83. The topological polar surface area (TPSA) is 24.9 Å². The lowest BCUT2D eigenvalue weighted by atomic mass is 9.91. The van der Waals surface area contributed by atoms with Crippen molar-refractivity contribution >= 4 is 22.9 Å². The molecule has 5 heteroatoms. The predicted octanol–water partition coefficient (Wildman–Crippen LogP) is 4.63. The molecule has 1 unspecified atom stereocenters. The molecule has 112 valence electrons. The number of aryl methyl sites for hydroxylation is 1. The van der Waals surface area contributed by atoms with Gasteiger partial charge >= 0.3 is 0 Å². The van der Waals surface area contributed by atoms with Gasteiger partial charge in [0.2, 0.25) is 0 Å². The van der Waals surface area contributed by atoms with Gasteiger partial charge in [-0.25, -0.2) is 9.37 Å². The first-order chi connectivity index (χ1) is 10.2. The van der Waals surface area contributed by atoms with Gasteiger partial charge in [0.1, 0.15) is 10.8 Å². The van der Waals surface area contributed by atoms with Gasteiger partial charge in [0, 0.05) is 17.3 Å². The highest BCUT2D eigenvalue weighted by atomic mass is 35.5. The molecule has 1 heterocycles. The number of benzene rings is 1. The summed E-state index contributed by atoms with van der Waals surface area (Å²) in [5.41, 5.74) is 1.59. The Morgan fingerprint density at radius 1 is 1.48 bits per heavy atom. The largest absolute Gasteiger partial charge is 0.316 e. The van der Waals surface area contributed by atoms with Gasteiger partial charge in [-0.3, -0.25) is 0 Å². The zero-order valence-electron chi connectivity index (χ0n) is 12.0. The van der Waals surface area contributed by atoms with E-state index in [-0.39, 0.29) is 5.82 Å². The molecule has 2 nitrogen and oxygen atoms in total. The number of halogens is 2. The Balaban J connectivity index is 1.98. The molecule has 0 saturated carbocycles. The maximum Gasteiger partial charge on any atom is 0.134 e. The van der Waals surface area contributed by atoms with Crippen LogP contribution in [0.3, 0.4) is 0 Å². The molecule has 0 fully saturated rings. The van der Waals surface area contributed by atoms with Crippen LogP contribution in [-0.2, 0) is 6.42 Å². The summed E-state index contributed by atoms with van der Waals surface area (Å²) in [7, 11) is 0. The lowest BCUT2D eigenvalue weighted by molar-refractivity contribution is 0.509. The van der Waals surface area contributed by atoms with Crippen molar-refractivity contribution in [2.75, 3.05) is 13.1 Å². The Labute approximate surface area is 133 Å². The first-order valence-corrected chi connectivity index (χ1v) is 8.54. The zero-order valence-corrected chi connectivity index (χ0v) is 13.5. The molecule has 2 aromatic rings. The van der Waals surface area contributed by atoms with Crippen LogP contribution in [0.15, 0.2) is 18.2 Å². The third-order valence-electron chi connectivity index (χ3n) is 3.89. The maximum atomic E-state index is 14.1. The van der Waals surface area contributed by atoms with Gasteiger partial charge in [0.25, 0.3) is 0 Å². The lowest BCUT2D eigenvalue weighted by Gasteiger charge is -2.21. The van der Waals surface area contributed by atoms with Crippen LogP contribution in [0.5, 0.6) is 0 Å². The molecule has 3 rings (SSSR count). The van der Waals surface area contributed by atoms with Crippen LogP contribution in [0.4, 0.5) is 4.39 Å². The number of nitrogens with one attached hydrogen (secondary N) is 1. The van der Waals surface area contributed by atoms with E-state index in [2.05, 4.69) is 12.2 Å². The fourth-order valence-corrected chi connectivity index (χ4v) is 4.39. The quantitative estimate of drug-likeness (QED) is 0.886. The number of likely N-dealkylation sites (N-methyl/N-ethyl adjacent to an activating group) is 1. The molecule has 0 spiro atoms. The van der Waals surface area contributed by atoms with E-state index in [0.29, 0.717) is 21.5 Å². The number of nitrogens with zero attached hydrogens (tertiary/aromatic N) is 1. The maximum absolute atomic E-state index is 14.1. The van der Waals surface area contributed by atoms with Crippen LogP contribution in [0.2, 0.25) is 5.02 Å². The summed E-state index contributed by atoms with van der Waals surface area (Å²) < 4.78 is 14.1. The number of hydrogen-bond acceptors (Lipinski definition) is 3. The molecule has 0 radical (unpaired) electrons. The third kappa shape index (κ3) is 2.98. The van der Waals surface area contributed by atoms with Crippen LogP contribution in [0, 0.1) is 5.82 Å². The molecule has 21 heavy (non-hydrogen) atoms. The monoisotopic (exact) mass is 324 g/mol. The summed E-state index contributed by atoms with van der Waals surface area (Å²) in [6.07, 6.45) is 3.37. The standard InChI is InChI=1S/C16H18ClFN2S/c1-2-19-9-10-5-3-8-13-15(10)20-16(21-13)14-11(17)6-4-7-12(14)18/h4,6-7,10,19H,2-3,5,8-9H2,1H3. The third-order valence-corrected chi connectivity index (χ3v) is 5.35. The second kappa shape index (κ2) is 6.42. The van der Waals surface area contributed by atoms with Crippen molar-refractivity contribution in [3.63, 3.8) is 0 Å². The highest BCUT2D eigenvalue weighted by molar-refractivity contribution is 7.15. The zero-order chi connectivity index (χ0) is 14.8. The molecule has 1 atom stereocenters. The Morgan fingerprint density at radius 3 is 3.10 bits per heavy atom. The Morgan fingerprint density at radius 2 is 2.33 bits per heavy atom. The predicted molar refractivity (Wildman–Crippen MR) is 86.7 cm³/mol. The average molecular weight is 325 g/mol. The van der Waals surface area contributed by atoms with E-state index in [1.807, 2.05) is 0 Å². The van der Waals surface area contributed by atoms with E-state index in [1.165, 1.54) is 17.4 Å². The molecule has 1 aliphatic rings. The molecule has 0 amide bonds. The number of aromatic nitrogens is 1. The van der Waals surface area contributed by atoms with Crippen molar-refractivity contribution in [2.24, 2.45) is 0 Å². The molecule has 1 aromatic heterocycles. The molecule has 0 aliphatic heterocycles. The van der Waals surface area contributed by atoms with E-state index in [9.17, 15) is 4.39 Å². The van der Waals surface area contributed by atoms with Gasteiger partial charge in [-0.2, -0.15) is 0 Å². The molecular weight excluding hydrogens is 307 g/mol. The van der Waals surface area contributed by atoms with Crippen molar-refractivity contribution in [1.29, 1.82) is 0 Å². The molecule has 1 aliphatic carbocycles. The Kier molecular flexibility index (Phi) is 4.57. The van der Waals surface area contributed by atoms with Crippen LogP contribution in [0.25, 0.3) is 10.6 Å². The minimum atomic E-state index is -0.295. The molecule has 0 saturated heterocycles. The van der Waals surface area contributed by atoms with E-state index in [1.54, 1.807) is 23.5 Å². The first kappa shape index (κ1) is 14.9. The summed E-state index contributed by atoms with van der Waals surface area (Å²) in [6.45, 7) is 4.01. The van der Waals surface area contributed by atoms with Crippen molar-refractivity contribution in [2.45, 2.75) is 32.1 Å². The number of hydrogen-bond donors (Lipinski definition) is 1. The first-order valence-electron chi connectivity index (χ1n) is 7.35. The molecule has 1 N–H and O–H groups in total.